The third-order valence-electron chi connectivity index (χ3n) is 9.01. The molecule has 12 heteroatoms. The second kappa shape index (κ2) is 10.8. The van der Waals surface area contributed by atoms with Crippen molar-refractivity contribution in [1.82, 2.24) is 15.7 Å². The van der Waals surface area contributed by atoms with Crippen molar-refractivity contribution < 1.29 is 38.5 Å². The number of hydrogen-bond acceptors (Lipinski definition) is 9. The minimum Gasteiger partial charge on any atom is -0.458 e. The second-order valence-electron chi connectivity index (χ2n) is 11.6. The third-order valence-corrected chi connectivity index (χ3v) is 9.68. The van der Waals surface area contributed by atoms with Crippen LogP contribution in [0.1, 0.15) is 29.5 Å². The molecule has 0 radical (unpaired) electrons. The molecular weight excluding hydrogens is 657 g/mol. The molecule has 3 heterocycles. The van der Waals surface area contributed by atoms with Crippen LogP contribution in [0.15, 0.2) is 48.5 Å². The van der Waals surface area contributed by atoms with Crippen molar-refractivity contribution in [3.63, 3.8) is 0 Å². The lowest BCUT2D eigenvalue weighted by Crippen LogP contribution is -2.69. The van der Waals surface area contributed by atoms with Gasteiger partial charge in [-0.1, -0.05) is 36.4 Å². The van der Waals surface area contributed by atoms with E-state index in [-0.39, 0.29) is 50.9 Å². The quantitative estimate of drug-likeness (QED) is 0.274. The molecule has 3 N–H and O–H groups in total. The van der Waals surface area contributed by atoms with Crippen molar-refractivity contribution in [3.8, 4) is 0 Å². The average Bonchev–Trinajstić information content (AvgIpc) is 3.63. The van der Waals surface area contributed by atoms with Gasteiger partial charge >= 0.3 is 5.97 Å². The van der Waals surface area contributed by atoms with Gasteiger partial charge in [0.1, 0.15) is 29.8 Å². The topological polar surface area (TPSA) is 136 Å². The van der Waals surface area contributed by atoms with Gasteiger partial charge in [-0.15, -0.1) is 0 Å². The molecule has 1 spiro atoms. The van der Waals surface area contributed by atoms with Crippen LogP contribution in [0.2, 0.25) is 0 Å². The fourth-order valence-corrected chi connectivity index (χ4v) is 7.92. The minimum atomic E-state index is -1.30. The lowest BCUT2D eigenvalue weighted by molar-refractivity contribution is -0.217. The number of ether oxygens (including phenoxy) is 3. The molecule has 42 heavy (non-hydrogen) atoms. The van der Waals surface area contributed by atoms with Crippen LogP contribution < -0.4 is 10.6 Å². The molecule has 2 aliphatic carbocycles. The number of benzene rings is 2. The van der Waals surface area contributed by atoms with Crippen LogP contribution in [-0.2, 0) is 52.8 Å². The van der Waals surface area contributed by atoms with E-state index in [2.05, 4.69) is 45.4 Å². The zero-order valence-electron chi connectivity index (χ0n) is 22.8. The first-order valence-electron chi connectivity index (χ1n) is 14.3. The number of aliphatic hydroxyl groups is 1. The molecule has 3 saturated heterocycles. The number of fused-ring (bicyclic) bond motifs is 5. The van der Waals surface area contributed by atoms with Gasteiger partial charge in [-0.3, -0.25) is 19.2 Å². The molecule has 3 aliphatic heterocycles. The first-order valence-corrected chi connectivity index (χ1v) is 15.4. The van der Waals surface area contributed by atoms with Crippen molar-refractivity contribution in [2.75, 3.05) is 19.7 Å². The number of esters is 1. The molecule has 11 nitrogen and oxygen atoms in total. The summed E-state index contributed by atoms with van der Waals surface area (Å²) in [7, 11) is 0. The summed E-state index contributed by atoms with van der Waals surface area (Å²) in [5, 5.41) is 16.0. The molecule has 2 bridgehead atoms. The first kappa shape index (κ1) is 28.2. The maximum absolute atomic E-state index is 14.2. The minimum absolute atomic E-state index is 0.0328. The molecule has 0 aromatic heterocycles. The van der Waals surface area contributed by atoms with Crippen LogP contribution in [0.3, 0.4) is 0 Å². The van der Waals surface area contributed by atoms with E-state index >= 15 is 0 Å². The van der Waals surface area contributed by atoms with Crippen LogP contribution >= 0.6 is 22.6 Å². The fraction of sp³-hybridized carbons (Fsp3) is 0.500. The summed E-state index contributed by atoms with van der Waals surface area (Å²) in [6, 6.07) is 15.0. The lowest BCUT2D eigenvalue weighted by Gasteiger charge is -2.48. The molecule has 2 aromatic rings. The highest BCUT2D eigenvalue weighted by Crippen LogP contribution is 2.58. The van der Waals surface area contributed by atoms with Gasteiger partial charge in [0.15, 0.2) is 11.8 Å². The number of aliphatic hydroxyl groups excluding tert-OH is 1. The highest BCUT2D eigenvalue weighted by atomic mass is 127. The summed E-state index contributed by atoms with van der Waals surface area (Å²) < 4.78 is 20.4. The van der Waals surface area contributed by atoms with E-state index < -0.39 is 47.6 Å². The third kappa shape index (κ3) is 4.63. The van der Waals surface area contributed by atoms with E-state index in [0.29, 0.717) is 12.8 Å². The Morgan fingerprint density at radius 1 is 1.02 bits per heavy atom. The second-order valence-corrected chi connectivity index (χ2v) is 12.9. The van der Waals surface area contributed by atoms with Crippen molar-refractivity contribution in [3.05, 3.63) is 68.8 Å². The molecule has 4 fully saturated rings. The summed E-state index contributed by atoms with van der Waals surface area (Å²) >= 11 is 2.23. The predicted octanol–water partition coefficient (Wildman–Crippen LogP) is 0.985. The molecule has 2 amide bonds. The predicted molar refractivity (Wildman–Crippen MR) is 154 cm³/mol. The molecule has 6 atom stereocenters. The molecule has 222 valence electrons. The summed E-state index contributed by atoms with van der Waals surface area (Å²) in [5.41, 5.74) is 1.92. The summed E-state index contributed by atoms with van der Waals surface area (Å²) in [5.74, 6) is -2.13. The number of carbonyl (C=O) groups is 3. The van der Waals surface area contributed by atoms with Crippen molar-refractivity contribution in [1.29, 1.82) is 0 Å². The summed E-state index contributed by atoms with van der Waals surface area (Å²) in [6.45, 7) is 0.310. The number of carbonyl (C=O) groups excluding carboxylic acids is 3. The van der Waals surface area contributed by atoms with Gasteiger partial charge in [-0.25, -0.2) is 0 Å². The van der Waals surface area contributed by atoms with Crippen LogP contribution in [0.5, 0.6) is 0 Å². The summed E-state index contributed by atoms with van der Waals surface area (Å²) in [4.78, 5) is 46.6. The van der Waals surface area contributed by atoms with Gasteiger partial charge in [-0.05, 0) is 51.4 Å². The Morgan fingerprint density at radius 3 is 2.52 bits per heavy atom. The van der Waals surface area contributed by atoms with Gasteiger partial charge in [0, 0.05) is 42.3 Å². The number of hydrogen-bond donors (Lipinski definition) is 3. The maximum atomic E-state index is 14.2. The number of nitrogens with zero attached hydrogens (tertiary/aromatic N) is 1. The number of rotatable bonds is 8. The Bertz CT molecular complexity index is 1400. The zero-order valence-corrected chi connectivity index (χ0v) is 25.0. The largest absolute Gasteiger partial charge is 0.458 e. The van der Waals surface area contributed by atoms with Crippen molar-refractivity contribution in [2.45, 2.75) is 68.5 Å². The number of nitrogens with one attached hydrogen (secondary N) is 2. The van der Waals surface area contributed by atoms with Gasteiger partial charge < -0.3 is 30.0 Å². The highest BCUT2D eigenvalue weighted by Gasteiger charge is 2.76. The lowest BCUT2D eigenvalue weighted by atomic mass is 9.62. The van der Waals surface area contributed by atoms with Gasteiger partial charge in [0.25, 0.3) is 0 Å². The number of amides is 2. The number of halogens is 1. The SMILES string of the molecule is O=C(CCNC(=O)C12CC3OC(=O)C1N(Cc1cccc(I)c1)OC2C1OC2(Cc4ccccc4C2)OC31)NCCO. The summed E-state index contributed by atoms with van der Waals surface area (Å²) in [6.07, 6.45) is -1.35. The van der Waals surface area contributed by atoms with Crippen LogP contribution in [-0.4, -0.2) is 83.9 Å². The fourth-order valence-electron chi connectivity index (χ4n) is 7.31. The first-order chi connectivity index (χ1) is 20.3. The molecule has 1 saturated carbocycles. The molecular formula is C30H32IN3O8. The monoisotopic (exact) mass is 689 g/mol. The van der Waals surface area contributed by atoms with E-state index in [1.807, 2.05) is 36.4 Å². The number of hydroxylamine groups is 2. The van der Waals surface area contributed by atoms with Crippen molar-refractivity contribution in [2.24, 2.45) is 5.41 Å². The normalized spacial score (nSPS) is 31.9. The van der Waals surface area contributed by atoms with Crippen LogP contribution in [0.25, 0.3) is 0 Å². The van der Waals surface area contributed by atoms with E-state index in [1.54, 1.807) is 5.06 Å². The molecule has 5 aliphatic rings. The molecule has 2 aromatic carbocycles. The molecule has 6 unspecified atom stereocenters. The van der Waals surface area contributed by atoms with Crippen molar-refractivity contribution >= 4 is 40.4 Å². The Labute approximate surface area is 256 Å². The van der Waals surface area contributed by atoms with E-state index in [9.17, 15) is 14.4 Å². The Hall–Kier alpha value is -2.62. The van der Waals surface area contributed by atoms with Crippen LogP contribution in [0.4, 0.5) is 0 Å². The zero-order chi connectivity index (χ0) is 29.1. The van der Waals surface area contributed by atoms with E-state index in [1.165, 1.54) is 0 Å². The van der Waals surface area contributed by atoms with E-state index in [4.69, 9.17) is 24.2 Å². The maximum Gasteiger partial charge on any atom is 0.327 e. The Balaban J connectivity index is 1.20. The Kier molecular flexibility index (Phi) is 7.26. The van der Waals surface area contributed by atoms with E-state index in [0.717, 1.165) is 20.3 Å². The standard InChI is InChI=1S/C30H32IN3O8/c31-20-7-3-4-17(12-20)16-34-25-27(37)39-21-15-30(25,28(38)33-9-8-22(36)32-10-11-35)26(42-34)24-23(21)40-29(41-24)13-18-5-1-2-6-19(18)14-29/h1-7,12,21,23-26,35H,8-11,13-16H2,(H,32,36)(H,33,38). The smallest absolute Gasteiger partial charge is 0.327 e. The Morgan fingerprint density at radius 2 is 1.79 bits per heavy atom. The van der Waals surface area contributed by atoms with Gasteiger partial charge in [0.2, 0.25) is 11.8 Å². The average molecular weight is 690 g/mol. The van der Waals surface area contributed by atoms with Crippen LogP contribution in [0, 0.1) is 8.99 Å². The molecule has 7 rings (SSSR count). The van der Waals surface area contributed by atoms with Gasteiger partial charge in [0.05, 0.1) is 13.2 Å². The van der Waals surface area contributed by atoms with Gasteiger partial charge in [-0.2, -0.15) is 5.06 Å². The highest BCUT2D eigenvalue weighted by molar-refractivity contribution is 14.1.